The van der Waals surface area contributed by atoms with Crippen molar-refractivity contribution >= 4 is 22.6 Å². The summed E-state index contributed by atoms with van der Waals surface area (Å²) in [6.45, 7) is 5.58. The monoisotopic (exact) mass is 301 g/mol. The van der Waals surface area contributed by atoms with E-state index in [-0.39, 0.29) is 11.5 Å². The highest BCUT2D eigenvalue weighted by molar-refractivity contribution is 5.92. The van der Waals surface area contributed by atoms with E-state index in [1.165, 1.54) is 19.8 Å². The maximum absolute atomic E-state index is 12.2. The zero-order valence-corrected chi connectivity index (χ0v) is 13.5. The molecule has 0 atom stereocenters. The van der Waals surface area contributed by atoms with E-state index in [4.69, 9.17) is 4.42 Å². The van der Waals surface area contributed by atoms with Gasteiger partial charge in [0.1, 0.15) is 5.58 Å². The molecule has 4 heteroatoms. The highest BCUT2D eigenvalue weighted by Gasteiger charge is 2.11. The van der Waals surface area contributed by atoms with Gasteiger partial charge in [0.15, 0.2) is 0 Å². The van der Waals surface area contributed by atoms with E-state index in [2.05, 4.69) is 12.2 Å². The molecular formula is C18H23NO3. The predicted octanol–water partition coefficient (Wildman–Crippen LogP) is 4.18. The van der Waals surface area contributed by atoms with E-state index in [1.54, 1.807) is 6.07 Å². The normalized spacial score (nSPS) is 10.9. The molecule has 2 aromatic rings. The lowest BCUT2D eigenvalue weighted by Gasteiger charge is -2.09. The minimum absolute atomic E-state index is 0.147. The molecule has 0 aliphatic heterocycles. The minimum atomic E-state index is -0.263. The first-order valence-electron chi connectivity index (χ1n) is 7.87. The van der Waals surface area contributed by atoms with Crippen LogP contribution in [0.3, 0.4) is 0 Å². The molecule has 0 bridgehead atoms. The van der Waals surface area contributed by atoms with E-state index in [9.17, 15) is 9.59 Å². The average Bonchev–Trinajstić information content (AvgIpc) is 2.45. The molecule has 2 rings (SSSR count). The van der Waals surface area contributed by atoms with E-state index < -0.39 is 0 Å². The summed E-state index contributed by atoms with van der Waals surface area (Å²) in [4.78, 5) is 23.3. The van der Waals surface area contributed by atoms with Crippen molar-refractivity contribution in [3.63, 3.8) is 0 Å². The smallest absolute Gasteiger partial charge is 0.339 e. The van der Waals surface area contributed by atoms with Gasteiger partial charge in [-0.15, -0.1) is 0 Å². The van der Waals surface area contributed by atoms with Gasteiger partial charge in [0.2, 0.25) is 5.91 Å². The number of carbonyl (C=O) groups is 1. The largest absolute Gasteiger partial charge is 0.422 e. The highest BCUT2D eigenvalue weighted by atomic mass is 16.4. The molecule has 1 aromatic carbocycles. The third-order valence-electron chi connectivity index (χ3n) is 3.89. The van der Waals surface area contributed by atoms with Gasteiger partial charge >= 0.3 is 5.63 Å². The van der Waals surface area contributed by atoms with E-state index in [0.29, 0.717) is 11.3 Å². The SMILES string of the molecule is CCCCCCc1c(C)c2ccc(NC(C)=O)cc2oc1=O. The maximum atomic E-state index is 12.2. The molecule has 0 aliphatic rings. The number of anilines is 1. The number of hydrogen-bond acceptors (Lipinski definition) is 3. The second-order valence-electron chi connectivity index (χ2n) is 5.70. The molecule has 0 aliphatic carbocycles. The first-order chi connectivity index (χ1) is 10.5. The quantitative estimate of drug-likeness (QED) is 0.643. The molecule has 0 saturated carbocycles. The van der Waals surface area contributed by atoms with Crippen LogP contribution in [0.2, 0.25) is 0 Å². The van der Waals surface area contributed by atoms with Gasteiger partial charge in [0.05, 0.1) is 0 Å². The van der Waals surface area contributed by atoms with Crippen molar-refractivity contribution in [1.82, 2.24) is 0 Å². The lowest BCUT2D eigenvalue weighted by atomic mass is 10.0. The Balaban J connectivity index is 2.33. The number of hydrogen-bond donors (Lipinski definition) is 1. The Morgan fingerprint density at radius 1 is 1.23 bits per heavy atom. The Kier molecular flexibility index (Phi) is 5.36. The predicted molar refractivity (Wildman–Crippen MR) is 89.4 cm³/mol. The molecule has 1 heterocycles. The number of benzene rings is 1. The molecular weight excluding hydrogens is 278 g/mol. The number of amides is 1. The van der Waals surface area contributed by atoms with Crippen LogP contribution < -0.4 is 10.9 Å². The van der Waals surface area contributed by atoms with Crippen LogP contribution in [-0.2, 0) is 11.2 Å². The van der Waals surface area contributed by atoms with Crippen LogP contribution in [0, 0.1) is 6.92 Å². The van der Waals surface area contributed by atoms with Gasteiger partial charge in [-0.1, -0.05) is 26.2 Å². The second kappa shape index (κ2) is 7.25. The van der Waals surface area contributed by atoms with Gasteiger partial charge in [-0.05, 0) is 37.5 Å². The summed E-state index contributed by atoms with van der Waals surface area (Å²) in [6.07, 6.45) is 5.27. The minimum Gasteiger partial charge on any atom is -0.422 e. The van der Waals surface area contributed by atoms with Crippen LogP contribution in [0.1, 0.15) is 50.7 Å². The standard InChI is InChI=1S/C18H23NO3/c1-4-5-6-7-8-16-12(2)15-10-9-14(19-13(3)20)11-17(15)22-18(16)21/h9-11H,4-8H2,1-3H3,(H,19,20). The number of fused-ring (bicyclic) bond motifs is 1. The molecule has 0 saturated heterocycles. The molecule has 0 radical (unpaired) electrons. The summed E-state index contributed by atoms with van der Waals surface area (Å²) in [5.41, 5.74) is 2.65. The highest BCUT2D eigenvalue weighted by Crippen LogP contribution is 2.23. The zero-order chi connectivity index (χ0) is 16.1. The molecule has 1 N–H and O–H groups in total. The van der Waals surface area contributed by atoms with Crippen LogP contribution in [0.5, 0.6) is 0 Å². The lowest BCUT2D eigenvalue weighted by Crippen LogP contribution is -2.11. The summed E-state index contributed by atoms with van der Waals surface area (Å²) >= 11 is 0. The first-order valence-corrected chi connectivity index (χ1v) is 7.87. The fraction of sp³-hybridized carbons (Fsp3) is 0.444. The molecule has 1 amide bonds. The second-order valence-corrected chi connectivity index (χ2v) is 5.70. The van der Waals surface area contributed by atoms with Gasteiger partial charge in [0, 0.05) is 29.6 Å². The Bertz CT molecular complexity index is 731. The van der Waals surface area contributed by atoms with E-state index in [0.717, 1.165) is 35.8 Å². The van der Waals surface area contributed by atoms with Crippen LogP contribution >= 0.6 is 0 Å². The van der Waals surface area contributed by atoms with Crippen molar-refractivity contribution in [3.05, 3.63) is 39.7 Å². The van der Waals surface area contributed by atoms with Crippen molar-refractivity contribution in [2.45, 2.75) is 52.9 Å². The van der Waals surface area contributed by atoms with Crippen molar-refractivity contribution in [1.29, 1.82) is 0 Å². The molecule has 0 spiro atoms. The van der Waals surface area contributed by atoms with Crippen LogP contribution in [0.4, 0.5) is 5.69 Å². The van der Waals surface area contributed by atoms with Gasteiger partial charge in [-0.25, -0.2) is 4.79 Å². The number of aryl methyl sites for hydroxylation is 1. The van der Waals surface area contributed by atoms with Gasteiger partial charge in [-0.3, -0.25) is 4.79 Å². The van der Waals surface area contributed by atoms with Crippen LogP contribution in [0.15, 0.2) is 27.4 Å². The summed E-state index contributed by atoms with van der Waals surface area (Å²) < 4.78 is 5.45. The fourth-order valence-corrected chi connectivity index (χ4v) is 2.69. The van der Waals surface area contributed by atoms with E-state index in [1.807, 2.05) is 19.1 Å². The molecule has 118 valence electrons. The third kappa shape index (κ3) is 3.75. The maximum Gasteiger partial charge on any atom is 0.339 e. The topological polar surface area (TPSA) is 59.3 Å². The molecule has 0 unspecified atom stereocenters. The Labute approximate surface area is 130 Å². The zero-order valence-electron chi connectivity index (χ0n) is 13.5. The molecule has 4 nitrogen and oxygen atoms in total. The van der Waals surface area contributed by atoms with Gasteiger partial charge in [0.25, 0.3) is 0 Å². The molecule has 1 aromatic heterocycles. The van der Waals surface area contributed by atoms with E-state index >= 15 is 0 Å². The van der Waals surface area contributed by atoms with Crippen LogP contribution in [0.25, 0.3) is 11.0 Å². The molecule has 22 heavy (non-hydrogen) atoms. The Hall–Kier alpha value is -2.10. The lowest BCUT2D eigenvalue weighted by molar-refractivity contribution is -0.114. The summed E-state index contributed by atoms with van der Waals surface area (Å²) in [7, 11) is 0. The first kappa shape index (κ1) is 16.3. The van der Waals surface area contributed by atoms with Crippen molar-refractivity contribution in [2.24, 2.45) is 0 Å². The van der Waals surface area contributed by atoms with Crippen molar-refractivity contribution < 1.29 is 9.21 Å². The number of nitrogens with one attached hydrogen (secondary N) is 1. The van der Waals surface area contributed by atoms with Crippen molar-refractivity contribution in [3.8, 4) is 0 Å². The van der Waals surface area contributed by atoms with Gasteiger partial charge in [-0.2, -0.15) is 0 Å². The van der Waals surface area contributed by atoms with Crippen LogP contribution in [-0.4, -0.2) is 5.91 Å². The Morgan fingerprint density at radius 3 is 2.68 bits per heavy atom. The van der Waals surface area contributed by atoms with Crippen molar-refractivity contribution in [2.75, 3.05) is 5.32 Å². The number of carbonyl (C=O) groups excluding carboxylic acids is 1. The molecule has 0 fully saturated rings. The number of rotatable bonds is 6. The average molecular weight is 301 g/mol. The summed E-state index contributed by atoms with van der Waals surface area (Å²) in [5.74, 6) is -0.147. The summed E-state index contributed by atoms with van der Waals surface area (Å²) in [6, 6.07) is 5.43. The Morgan fingerprint density at radius 2 is 2.00 bits per heavy atom. The number of unbranched alkanes of at least 4 members (excludes halogenated alkanes) is 3. The third-order valence-corrected chi connectivity index (χ3v) is 3.89. The van der Waals surface area contributed by atoms with Gasteiger partial charge < -0.3 is 9.73 Å². The fourth-order valence-electron chi connectivity index (χ4n) is 2.69. The summed E-state index contributed by atoms with van der Waals surface area (Å²) in [5, 5.41) is 3.63.